The van der Waals surface area contributed by atoms with Crippen molar-refractivity contribution in [3.05, 3.63) is 21.9 Å². The summed E-state index contributed by atoms with van der Waals surface area (Å²) in [6, 6.07) is 3.58. The molecule has 1 aromatic rings. The number of carbonyl (C=O) groups excluding carboxylic acids is 1. The predicted octanol–water partition coefficient (Wildman–Crippen LogP) is 1.62. The van der Waals surface area contributed by atoms with Crippen LogP contribution in [0.25, 0.3) is 0 Å². The Labute approximate surface area is 105 Å². The van der Waals surface area contributed by atoms with Gasteiger partial charge in [-0.3, -0.25) is 4.79 Å². The molecule has 1 amide bonds. The monoisotopic (exact) mass is 249 g/mol. The van der Waals surface area contributed by atoms with E-state index in [0.717, 1.165) is 11.4 Å². The van der Waals surface area contributed by atoms with Gasteiger partial charge in [-0.05, 0) is 30.4 Å². The second-order valence-electron chi connectivity index (χ2n) is 4.62. The summed E-state index contributed by atoms with van der Waals surface area (Å²) in [7, 11) is 0. The van der Waals surface area contributed by atoms with Gasteiger partial charge in [0.25, 0.3) is 5.91 Å². The van der Waals surface area contributed by atoms with Crippen LogP contribution in [0.4, 0.5) is 0 Å². The van der Waals surface area contributed by atoms with Crippen molar-refractivity contribution >= 4 is 17.2 Å². The maximum absolute atomic E-state index is 11.8. The molecule has 0 spiro atoms. The molecule has 3 nitrogen and oxygen atoms in total. The summed E-state index contributed by atoms with van der Waals surface area (Å²) in [5.41, 5.74) is 0.326. The molecule has 1 aliphatic carbocycles. The van der Waals surface area contributed by atoms with Crippen molar-refractivity contribution in [1.82, 2.24) is 5.32 Å². The summed E-state index contributed by atoms with van der Waals surface area (Å²) in [5.74, 6) is 5.33. The van der Waals surface area contributed by atoms with Gasteiger partial charge >= 0.3 is 0 Å². The molecule has 2 rings (SSSR count). The molecule has 0 saturated heterocycles. The summed E-state index contributed by atoms with van der Waals surface area (Å²) < 4.78 is 0. The molecule has 90 valence electrons. The van der Waals surface area contributed by atoms with E-state index < -0.39 is 0 Å². The number of amides is 1. The highest BCUT2D eigenvalue weighted by atomic mass is 32.1. The number of nitrogens with one attached hydrogen (secondary N) is 1. The van der Waals surface area contributed by atoms with Crippen LogP contribution in [0.15, 0.2) is 12.1 Å². The van der Waals surface area contributed by atoms with Crippen molar-refractivity contribution in [3.63, 3.8) is 0 Å². The van der Waals surface area contributed by atoms with Crippen LogP contribution in [0.5, 0.6) is 0 Å². The Kier molecular flexibility index (Phi) is 3.51. The molecule has 17 heavy (non-hydrogen) atoms. The molecule has 0 bridgehead atoms. The first-order valence-electron chi connectivity index (χ1n) is 5.61. The predicted molar refractivity (Wildman–Crippen MR) is 68.0 cm³/mol. The standard InChI is InChI=1S/C13H15NO2S/c1-13(6-7-13)9-14-12(16)11-5-4-10(17-11)3-2-8-15/h4-5,15H,6-9H2,1H3,(H,14,16). The van der Waals surface area contributed by atoms with Crippen LogP contribution in [0.1, 0.15) is 34.3 Å². The first-order valence-corrected chi connectivity index (χ1v) is 6.42. The Morgan fingerprint density at radius 3 is 3.00 bits per heavy atom. The molecule has 1 aliphatic rings. The molecule has 0 radical (unpaired) electrons. The van der Waals surface area contributed by atoms with Gasteiger partial charge in [-0.2, -0.15) is 0 Å². The fourth-order valence-electron chi connectivity index (χ4n) is 1.42. The number of hydrogen-bond donors (Lipinski definition) is 2. The molecule has 1 heterocycles. The second kappa shape index (κ2) is 4.91. The van der Waals surface area contributed by atoms with E-state index in [2.05, 4.69) is 24.1 Å². The molecular formula is C13H15NO2S. The third-order valence-corrected chi connectivity index (χ3v) is 3.90. The average Bonchev–Trinajstić information content (AvgIpc) is 2.88. The zero-order valence-electron chi connectivity index (χ0n) is 9.75. The summed E-state index contributed by atoms with van der Waals surface area (Å²) in [6.45, 7) is 2.78. The topological polar surface area (TPSA) is 49.3 Å². The van der Waals surface area contributed by atoms with Crippen molar-refractivity contribution in [1.29, 1.82) is 0 Å². The first-order chi connectivity index (χ1) is 8.13. The minimum Gasteiger partial charge on any atom is -0.384 e. The molecule has 0 atom stereocenters. The Hall–Kier alpha value is -1.31. The second-order valence-corrected chi connectivity index (χ2v) is 5.70. The molecule has 0 aromatic carbocycles. The highest BCUT2D eigenvalue weighted by molar-refractivity contribution is 7.14. The van der Waals surface area contributed by atoms with Crippen LogP contribution in [-0.4, -0.2) is 24.2 Å². The SMILES string of the molecule is CC1(CNC(=O)c2ccc(C#CCO)s2)CC1. The summed E-state index contributed by atoms with van der Waals surface area (Å²) >= 11 is 1.36. The third kappa shape index (κ3) is 3.32. The van der Waals surface area contributed by atoms with Crippen molar-refractivity contribution in [2.24, 2.45) is 5.41 Å². The van der Waals surface area contributed by atoms with Crippen molar-refractivity contribution in [3.8, 4) is 11.8 Å². The van der Waals surface area contributed by atoms with E-state index in [9.17, 15) is 4.79 Å². The Bertz CT molecular complexity index is 477. The van der Waals surface area contributed by atoms with Crippen LogP contribution in [0, 0.1) is 17.3 Å². The number of aliphatic hydroxyl groups excluding tert-OH is 1. The lowest BCUT2D eigenvalue weighted by Crippen LogP contribution is -2.28. The fraction of sp³-hybridized carbons (Fsp3) is 0.462. The van der Waals surface area contributed by atoms with Gasteiger partial charge in [0.15, 0.2) is 0 Å². The van der Waals surface area contributed by atoms with Crippen LogP contribution in [0.3, 0.4) is 0 Å². The summed E-state index contributed by atoms with van der Waals surface area (Å²) in [5, 5.41) is 11.5. The highest BCUT2D eigenvalue weighted by Crippen LogP contribution is 2.44. The first kappa shape index (κ1) is 12.2. The van der Waals surface area contributed by atoms with Gasteiger partial charge in [0.05, 0.1) is 9.75 Å². The van der Waals surface area contributed by atoms with Gasteiger partial charge in [-0.25, -0.2) is 0 Å². The lowest BCUT2D eigenvalue weighted by Gasteiger charge is -2.08. The number of carbonyl (C=O) groups is 1. The molecule has 0 aliphatic heterocycles. The van der Waals surface area contributed by atoms with Crippen LogP contribution in [0.2, 0.25) is 0 Å². The van der Waals surface area contributed by atoms with E-state index in [1.54, 1.807) is 12.1 Å². The molecule has 4 heteroatoms. The molecule has 1 aromatic heterocycles. The molecule has 2 N–H and O–H groups in total. The third-order valence-electron chi connectivity index (χ3n) is 2.90. The Morgan fingerprint density at radius 1 is 1.59 bits per heavy atom. The lowest BCUT2D eigenvalue weighted by molar-refractivity contribution is 0.0950. The quantitative estimate of drug-likeness (QED) is 0.800. The van der Waals surface area contributed by atoms with Crippen molar-refractivity contribution < 1.29 is 9.90 Å². The number of hydrogen-bond acceptors (Lipinski definition) is 3. The maximum Gasteiger partial charge on any atom is 0.261 e. The number of aliphatic hydroxyl groups is 1. The largest absolute Gasteiger partial charge is 0.384 e. The van der Waals surface area contributed by atoms with E-state index in [4.69, 9.17) is 5.11 Å². The van der Waals surface area contributed by atoms with E-state index >= 15 is 0 Å². The number of thiophene rings is 1. The Morgan fingerprint density at radius 2 is 2.35 bits per heavy atom. The highest BCUT2D eigenvalue weighted by Gasteiger charge is 2.37. The molecule has 0 unspecified atom stereocenters. The zero-order chi connectivity index (χ0) is 12.3. The van der Waals surface area contributed by atoms with Gasteiger partial charge in [-0.15, -0.1) is 11.3 Å². The number of rotatable bonds is 3. The maximum atomic E-state index is 11.8. The van der Waals surface area contributed by atoms with Crippen LogP contribution >= 0.6 is 11.3 Å². The smallest absolute Gasteiger partial charge is 0.261 e. The van der Waals surface area contributed by atoms with Gasteiger partial charge in [0, 0.05) is 6.54 Å². The average molecular weight is 249 g/mol. The van der Waals surface area contributed by atoms with E-state index in [0.29, 0.717) is 10.3 Å². The van der Waals surface area contributed by atoms with Gasteiger partial charge in [0.1, 0.15) is 6.61 Å². The molecule has 1 saturated carbocycles. The van der Waals surface area contributed by atoms with Gasteiger partial charge in [-0.1, -0.05) is 18.8 Å². The lowest BCUT2D eigenvalue weighted by atomic mass is 10.1. The van der Waals surface area contributed by atoms with E-state index in [1.165, 1.54) is 24.2 Å². The summed E-state index contributed by atoms with van der Waals surface area (Å²) in [4.78, 5) is 13.3. The van der Waals surface area contributed by atoms with Crippen LogP contribution in [-0.2, 0) is 0 Å². The normalized spacial score (nSPS) is 15.9. The zero-order valence-corrected chi connectivity index (χ0v) is 10.6. The minimum atomic E-state index is -0.155. The fourth-order valence-corrected chi connectivity index (χ4v) is 2.22. The van der Waals surface area contributed by atoms with Crippen molar-refractivity contribution in [2.75, 3.05) is 13.2 Å². The minimum absolute atomic E-state index is 0.0276. The van der Waals surface area contributed by atoms with E-state index in [-0.39, 0.29) is 12.5 Å². The van der Waals surface area contributed by atoms with Gasteiger partial charge in [0.2, 0.25) is 0 Å². The molecular weight excluding hydrogens is 234 g/mol. The van der Waals surface area contributed by atoms with Crippen LogP contribution < -0.4 is 5.32 Å². The van der Waals surface area contributed by atoms with Gasteiger partial charge < -0.3 is 10.4 Å². The van der Waals surface area contributed by atoms with Crippen molar-refractivity contribution in [2.45, 2.75) is 19.8 Å². The molecule has 1 fully saturated rings. The summed E-state index contributed by atoms with van der Waals surface area (Å²) in [6.07, 6.45) is 2.40. The van der Waals surface area contributed by atoms with E-state index in [1.807, 2.05) is 0 Å². The Balaban J connectivity index is 1.92.